The van der Waals surface area contributed by atoms with Crippen molar-refractivity contribution in [2.45, 2.75) is 20.0 Å². The second kappa shape index (κ2) is 5.79. The first-order chi connectivity index (χ1) is 8.72. The molecule has 1 rings (SSSR count). The number of phenols is 1. The maximum absolute atomic E-state index is 11.9. The van der Waals surface area contributed by atoms with Crippen molar-refractivity contribution in [2.24, 2.45) is 0 Å². The Balaban J connectivity index is 2.85. The van der Waals surface area contributed by atoms with Gasteiger partial charge in [0.2, 0.25) is 0 Å². The molecule has 0 unspecified atom stereocenters. The van der Waals surface area contributed by atoms with Crippen LogP contribution in [-0.2, 0) is 14.9 Å². The van der Waals surface area contributed by atoms with E-state index >= 15 is 0 Å². The summed E-state index contributed by atoms with van der Waals surface area (Å²) in [5.74, 6) is -0.0793. The maximum Gasteiger partial charge on any atom is 0.422 e. The van der Waals surface area contributed by atoms with E-state index in [9.17, 15) is 18.3 Å². The van der Waals surface area contributed by atoms with E-state index in [2.05, 4.69) is 0 Å². The largest absolute Gasteiger partial charge is 0.508 e. The first-order valence-electron chi connectivity index (χ1n) is 5.48. The van der Waals surface area contributed by atoms with Crippen LogP contribution in [0.2, 0.25) is 0 Å². The zero-order chi connectivity index (χ0) is 14.6. The Morgan fingerprint density at radius 1 is 1.42 bits per heavy atom. The summed E-state index contributed by atoms with van der Waals surface area (Å²) in [5.41, 5.74) is 0.213. The summed E-state index contributed by atoms with van der Waals surface area (Å²) in [6, 6.07) is 5.63. The molecule has 0 aromatic heterocycles. The molecule has 19 heavy (non-hydrogen) atoms. The van der Waals surface area contributed by atoms with Gasteiger partial charge in [0, 0.05) is 13.1 Å². The first-order valence-corrected chi connectivity index (χ1v) is 6.92. The van der Waals surface area contributed by atoms with Crippen LogP contribution in [0.5, 0.6) is 5.75 Å². The molecular weight excluding hydrogens is 272 g/mol. The number of ether oxygens (including phenoxy) is 1. The highest BCUT2D eigenvalue weighted by Gasteiger charge is 2.22. The number of nitrogens with zero attached hydrogens (tertiary/aromatic N) is 1. The lowest BCUT2D eigenvalue weighted by Crippen LogP contribution is -2.42. The lowest BCUT2D eigenvalue weighted by atomic mass is 10.3. The van der Waals surface area contributed by atoms with E-state index < -0.39 is 22.4 Å². The monoisotopic (exact) mass is 288 g/mol. The van der Waals surface area contributed by atoms with E-state index in [1.807, 2.05) is 0 Å². The van der Waals surface area contributed by atoms with Crippen molar-refractivity contribution in [3.05, 3.63) is 24.3 Å². The number of amides is 1. The van der Waals surface area contributed by atoms with Crippen LogP contribution in [0.3, 0.4) is 0 Å². The molecule has 0 atom stereocenters. The molecule has 1 aromatic rings. The Morgan fingerprint density at radius 3 is 2.58 bits per heavy atom. The molecule has 8 heteroatoms. The maximum atomic E-state index is 11.9. The van der Waals surface area contributed by atoms with E-state index in [0.29, 0.717) is 0 Å². The average molecular weight is 288 g/mol. The number of rotatable bonds is 4. The van der Waals surface area contributed by atoms with Gasteiger partial charge in [0.15, 0.2) is 0 Å². The van der Waals surface area contributed by atoms with Crippen molar-refractivity contribution in [3.63, 3.8) is 0 Å². The number of carbonyl (C=O) groups is 1. The minimum atomic E-state index is -4.08. The van der Waals surface area contributed by atoms with Gasteiger partial charge in [-0.15, -0.1) is 0 Å². The van der Waals surface area contributed by atoms with Crippen molar-refractivity contribution in [1.29, 1.82) is 0 Å². The van der Waals surface area contributed by atoms with E-state index in [1.165, 1.54) is 31.3 Å². The zero-order valence-electron chi connectivity index (χ0n) is 10.8. The summed E-state index contributed by atoms with van der Waals surface area (Å²) in [7, 11) is -2.83. The van der Waals surface area contributed by atoms with Gasteiger partial charge >= 0.3 is 16.3 Å². The Labute approximate surface area is 112 Å². The topological polar surface area (TPSA) is 95.9 Å². The predicted molar refractivity (Wildman–Crippen MR) is 70.2 cm³/mol. The fourth-order valence-corrected chi connectivity index (χ4v) is 2.03. The fourth-order valence-electron chi connectivity index (χ4n) is 1.24. The number of phenolic OH excluding ortho intramolecular Hbond substituents is 1. The molecule has 0 bridgehead atoms. The molecule has 7 nitrogen and oxygen atoms in total. The number of nitrogens with one attached hydrogen (secondary N) is 1. The Bertz CT molecular complexity index is 556. The Kier molecular flexibility index (Phi) is 4.60. The van der Waals surface area contributed by atoms with Crippen LogP contribution in [0.1, 0.15) is 13.8 Å². The van der Waals surface area contributed by atoms with Gasteiger partial charge in [0.1, 0.15) is 5.75 Å². The summed E-state index contributed by atoms with van der Waals surface area (Å²) in [4.78, 5) is 11.3. The molecule has 0 aliphatic heterocycles. The fraction of sp³-hybridized carbons (Fsp3) is 0.364. The Hall–Kier alpha value is -1.96. The molecule has 1 amide bonds. The van der Waals surface area contributed by atoms with Crippen LogP contribution in [0.25, 0.3) is 0 Å². The molecule has 0 radical (unpaired) electrons. The predicted octanol–water partition coefficient (Wildman–Crippen LogP) is 1.21. The second-order valence-electron chi connectivity index (χ2n) is 4.05. The molecule has 2 N–H and O–H groups in total. The number of carbonyl (C=O) groups excluding carboxylic acids is 1. The van der Waals surface area contributed by atoms with Crippen molar-refractivity contribution in [3.8, 4) is 5.75 Å². The lowest BCUT2D eigenvalue weighted by Gasteiger charge is -2.20. The molecule has 0 aliphatic rings. The van der Waals surface area contributed by atoms with Crippen LogP contribution >= 0.6 is 0 Å². The van der Waals surface area contributed by atoms with Crippen molar-refractivity contribution in [2.75, 3.05) is 11.4 Å². The SMILES string of the molecule is CC(C)OC(=O)NS(=O)(=O)N(C)c1cccc(O)c1. The smallest absolute Gasteiger partial charge is 0.422 e. The number of aromatic hydroxyl groups is 1. The summed E-state index contributed by atoms with van der Waals surface area (Å²) >= 11 is 0. The highest BCUT2D eigenvalue weighted by atomic mass is 32.2. The molecular formula is C11H16N2O5S. The Morgan fingerprint density at radius 2 is 2.05 bits per heavy atom. The van der Waals surface area contributed by atoms with Crippen LogP contribution in [0.4, 0.5) is 10.5 Å². The number of anilines is 1. The average Bonchev–Trinajstić information content (AvgIpc) is 2.25. The van der Waals surface area contributed by atoms with E-state index in [4.69, 9.17) is 4.74 Å². The van der Waals surface area contributed by atoms with Crippen molar-refractivity contribution >= 4 is 22.0 Å². The molecule has 0 heterocycles. The van der Waals surface area contributed by atoms with E-state index in [-0.39, 0.29) is 11.4 Å². The third-order valence-corrected chi connectivity index (χ3v) is 3.47. The summed E-state index contributed by atoms with van der Waals surface area (Å²) in [6.45, 7) is 3.20. The van der Waals surface area contributed by atoms with Crippen LogP contribution in [0, 0.1) is 0 Å². The normalized spacial score (nSPS) is 11.2. The van der Waals surface area contributed by atoms with E-state index in [0.717, 1.165) is 4.31 Å². The third-order valence-electron chi connectivity index (χ3n) is 2.11. The molecule has 0 saturated carbocycles. The van der Waals surface area contributed by atoms with E-state index in [1.54, 1.807) is 18.6 Å². The molecule has 106 valence electrons. The highest BCUT2D eigenvalue weighted by Crippen LogP contribution is 2.20. The van der Waals surface area contributed by atoms with Crippen LogP contribution in [0.15, 0.2) is 24.3 Å². The molecule has 1 aromatic carbocycles. The molecule has 0 fully saturated rings. The van der Waals surface area contributed by atoms with Gasteiger partial charge in [-0.25, -0.2) is 9.52 Å². The molecule has 0 spiro atoms. The second-order valence-corrected chi connectivity index (χ2v) is 5.75. The number of hydrogen-bond acceptors (Lipinski definition) is 5. The van der Waals surface area contributed by atoms with Crippen LogP contribution in [-0.4, -0.2) is 32.8 Å². The summed E-state index contributed by atoms with van der Waals surface area (Å²) in [5, 5.41) is 9.29. The summed E-state index contributed by atoms with van der Waals surface area (Å²) in [6.07, 6.45) is -1.48. The van der Waals surface area contributed by atoms with Gasteiger partial charge in [-0.1, -0.05) is 6.07 Å². The van der Waals surface area contributed by atoms with Gasteiger partial charge in [-0.05, 0) is 26.0 Å². The van der Waals surface area contributed by atoms with Gasteiger partial charge in [0.25, 0.3) is 0 Å². The van der Waals surface area contributed by atoms with Crippen LogP contribution < -0.4 is 9.03 Å². The lowest BCUT2D eigenvalue weighted by molar-refractivity contribution is 0.121. The first kappa shape index (κ1) is 15.1. The number of hydrogen-bond donors (Lipinski definition) is 2. The zero-order valence-corrected chi connectivity index (χ0v) is 11.6. The molecule has 0 saturated heterocycles. The van der Waals surface area contributed by atoms with Crippen molar-refractivity contribution in [1.82, 2.24) is 4.72 Å². The third kappa shape index (κ3) is 4.32. The van der Waals surface area contributed by atoms with Gasteiger partial charge in [0.05, 0.1) is 11.8 Å². The quantitative estimate of drug-likeness (QED) is 0.868. The van der Waals surface area contributed by atoms with Gasteiger partial charge < -0.3 is 9.84 Å². The minimum absolute atomic E-state index is 0.0793. The van der Waals surface area contributed by atoms with Gasteiger partial charge in [-0.3, -0.25) is 4.31 Å². The summed E-state index contributed by atoms with van der Waals surface area (Å²) < 4.78 is 31.0. The van der Waals surface area contributed by atoms with Gasteiger partial charge in [-0.2, -0.15) is 8.42 Å². The highest BCUT2D eigenvalue weighted by molar-refractivity contribution is 7.91. The molecule has 0 aliphatic carbocycles. The number of benzene rings is 1. The standard InChI is InChI=1S/C11H16N2O5S/c1-8(2)18-11(15)12-19(16,17)13(3)9-5-4-6-10(14)7-9/h4-8,14H,1-3H3,(H,12,15). The minimum Gasteiger partial charge on any atom is -0.508 e. The van der Waals surface area contributed by atoms with Crippen molar-refractivity contribution < 1.29 is 23.1 Å².